The van der Waals surface area contributed by atoms with Crippen LogP contribution in [0.1, 0.15) is 12.5 Å². The second-order valence-electron chi connectivity index (χ2n) is 5.68. The van der Waals surface area contributed by atoms with Crippen molar-refractivity contribution < 1.29 is 22.8 Å². The van der Waals surface area contributed by atoms with E-state index in [9.17, 15) is 22.8 Å². The van der Waals surface area contributed by atoms with E-state index < -0.39 is 29.6 Å². The normalized spacial score (nSPS) is 12.3. The summed E-state index contributed by atoms with van der Waals surface area (Å²) in [6, 6.07) is 10.7. The van der Waals surface area contributed by atoms with Gasteiger partial charge in [-0.15, -0.1) is 11.8 Å². The van der Waals surface area contributed by atoms with E-state index in [0.29, 0.717) is 5.69 Å². The van der Waals surface area contributed by atoms with E-state index >= 15 is 0 Å². The van der Waals surface area contributed by atoms with Crippen molar-refractivity contribution >= 4 is 35.0 Å². The van der Waals surface area contributed by atoms with Crippen LogP contribution < -0.4 is 16.4 Å². The number of nitrogens with two attached hydrogens (primary N) is 1. The number of amides is 2. The summed E-state index contributed by atoms with van der Waals surface area (Å²) < 4.78 is 37.7. The second-order valence-corrected chi connectivity index (χ2v) is 6.70. The molecular weight excluding hydrogens is 379 g/mol. The Labute approximate surface area is 158 Å². The number of carbonyl (C=O) groups is 2. The van der Waals surface area contributed by atoms with Crippen LogP contribution in [0.4, 0.5) is 24.5 Å². The molecule has 0 radical (unpaired) electrons. The molecule has 0 aliphatic carbocycles. The van der Waals surface area contributed by atoms with Crippen LogP contribution in [0.5, 0.6) is 0 Å². The van der Waals surface area contributed by atoms with Gasteiger partial charge < -0.3 is 16.4 Å². The van der Waals surface area contributed by atoms with Gasteiger partial charge in [-0.2, -0.15) is 13.2 Å². The fourth-order valence-electron chi connectivity index (χ4n) is 2.15. The molecule has 1 atom stereocenters. The first-order valence-corrected chi connectivity index (χ1v) is 8.90. The number of anilines is 2. The summed E-state index contributed by atoms with van der Waals surface area (Å²) in [7, 11) is 0. The van der Waals surface area contributed by atoms with Crippen LogP contribution in [-0.4, -0.2) is 23.6 Å². The fourth-order valence-corrected chi connectivity index (χ4v) is 2.91. The fraction of sp³-hybridized carbons (Fsp3) is 0.222. The monoisotopic (exact) mass is 397 g/mol. The predicted octanol–water partition coefficient (Wildman–Crippen LogP) is 3.72. The molecule has 0 saturated heterocycles. The topological polar surface area (TPSA) is 84.2 Å². The number of halogens is 3. The SMILES string of the molecule is C[C@@H](Nc1ccccc1SCC(N)=O)C(=O)Nc1ccc(C(F)(F)F)cc1. The molecule has 4 N–H and O–H groups in total. The molecule has 5 nitrogen and oxygen atoms in total. The summed E-state index contributed by atoms with van der Waals surface area (Å²) in [5, 5.41) is 5.59. The first-order chi connectivity index (χ1) is 12.7. The number of para-hydroxylation sites is 1. The van der Waals surface area contributed by atoms with Crippen LogP contribution in [0.3, 0.4) is 0 Å². The molecule has 0 spiro atoms. The average molecular weight is 397 g/mol. The number of rotatable bonds is 7. The highest BCUT2D eigenvalue weighted by Crippen LogP contribution is 2.30. The minimum absolute atomic E-state index is 0.102. The molecule has 0 saturated carbocycles. The lowest BCUT2D eigenvalue weighted by molar-refractivity contribution is -0.137. The van der Waals surface area contributed by atoms with Crippen LogP contribution in [0.25, 0.3) is 0 Å². The lowest BCUT2D eigenvalue weighted by atomic mass is 10.2. The van der Waals surface area contributed by atoms with Gasteiger partial charge in [-0.1, -0.05) is 12.1 Å². The van der Waals surface area contributed by atoms with Gasteiger partial charge in [-0.25, -0.2) is 0 Å². The summed E-state index contributed by atoms with van der Waals surface area (Å²) in [6.07, 6.45) is -4.43. The van der Waals surface area contributed by atoms with Crippen LogP contribution in [0, 0.1) is 0 Å². The third-order valence-corrected chi connectivity index (χ3v) is 4.60. The summed E-state index contributed by atoms with van der Waals surface area (Å²) in [5.41, 5.74) is 5.28. The zero-order valence-electron chi connectivity index (χ0n) is 14.3. The van der Waals surface area contributed by atoms with Crippen molar-refractivity contribution in [3.05, 3.63) is 54.1 Å². The van der Waals surface area contributed by atoms with E-state index in [4.69, 9.17) is 5.73 Å². The van der Waals surface area contributed by atoms with Gasteiger partial charge in [0.25, 0.3) is 0 Å². The lowest BCUT2D eigenvalue weighted by Crippen LogP contribution is -2.32. The third-order valence-electron chi connectivity index (χ3n) is 3.50. The molecule has 144 valence electrons. The zero-order chi connectivity index (χ0) is 20.0. The average Bonchev–Trinajstić information content (AvgIpc) is 2.60. The van der Waals surface area contributed by atoms with Gasteiger partial charge in [0, 0.05) is 16.3 Å². The van der Waals surface area contributed by atoms with E-state index in [1.807, 2.05) is 0 Å². The summed E-state index contributed by atoms with van der Waals surface area (Å²) in [6.45, 7) is 1.62. The van der Waals surface area contributed by atoms with Crippen molar-refractivity contribution in [1.29, 1.82) is 0 Å². The molecule has 0 fully saturated rings. The van der Waals surface area contributed by atoms with Gasteiger partial charge in [0.1, 0.15) is 6.04 Å². The van der Waals surface area contributed by atoms with Gasteiger partial charge in [0.15, 0.2) is 0 Å². The van der Waals surface area contributed by atoms with Crippen molar-refractivity contribution in [3.63, 3.8) is 0 Å². The van der Waals surface area contributed by atoms with E-state index in [2.05, 4.69) is 10.6 Å². The maximum Gasteiger partial charge on any atom is 0.416 e. The number of hydrogen-bond donors (Lipinski definition) is 3. The number of alkyl halides is 3. The predicted molar refractivity (Wildman–Crippen MR) is 99.5 cm³/mol. The van der Waals surface area contributed by atoms with Crippen molar-refractivity contribution in [2.45, 2.75) is 24.0 Å². The number of thioether (sulfide) groups is 1. The van der Waals surface area contributed by atoms with Crippen molar-refractivity contribution in [2.24, 2.45) is 5.73 Å². The van der Waals surface area contributed by atoms with Crippen molar-refractivity contribution in [3.8, 4) is 0 Å². The van der Waals surface area contributed by atoms with E-state index in [1.165, 1.54) is 23.9 Å². The summed E-state index contributed by atoms with van der Waals surface area (Å²) in [5.74, 6) is -0.766. The number of nitrogens with one attached hydrogen (secondary N) is 2. The van der Waals surface area contributed by atoms with Crippen LogP contribution in [0.2, 0.25) is 0 Å². The molecule has 0 heterocycles. The zero-order valence-corrected chi connectivity index (χ0v) is 15.2. The maximum absolute atomic E-state index is 12.6. The van der Waals surface area contributed by atoms with Crippen LogP contribution in [0.15, 0.2) is 53.4 Å². The number of primary amides is 1. The molecule has 27 heavy (non-hydrogen) atoms. The Balaban J connectivity index is 2.01. The highest BCUT2D eigenvalue weighted by molar-refractivity contribution is 8.00. The second kappa shape index (κ2) is 8.81. The van der Waals surface area contributed by atoms with Gasteiger partial charge in [0.2, 0.25) is 11.8 Å². The summed E-state index contributed by atoms with van der Waals surface area (Å²) in [4.78, 5) is 24.0. The molecule has 0 aliphatic rings. The minimum Gasteiger partial charge on any atom is -0.373 e. The molecule has 9 heteroatoms. The largest absolute Gasteiger partial charge is 0.416 e. The number of hydrogen-bond acceptors (Lipinski definition) is 4. The minimum atomic E-state index is -4.43. The molecule has 0 aromatic heterocycles. The molecule has 0 bridgehead atoms. The highest BCUT2D eigenvalue weighted by Gasteiger charge is 2.30. The van der Waals surface area contributed by atoms with Gasteiger partial charge in [-0.05, 0) is 43.3 Å². The molecule has 2 aromatic rings. The van der Waals surface area contributed by atoms with Gasteiger partial charge in [0.05, 0.1) is 11.3 Å². The first-order valence-electron chi connectivity index (χ1n) is 7.91. The smallest absolute Gasteiger partial charge is 0.373 e. The number of carbonyl (C=O) groups excluding carboxylic acids is 2. The van der Waals surface area contributed by atoms with E-state index in [1.54, 1.807) is 31.2 Å². The Morgan fingerprint density at radius 1 is 1.11 bits per heavy atom. The van der Waals surface area contributed by atoms with Gasteiger partial charge in [-0.3, -0.25) is 9.59 Å². The highest BCUT2D eigenvalue weighted by atomic mass is 32.2. The summed E-state index contributed by atoms with van der Waals surface area (Å²) >= 11 is 1.24. The molecule has 2 rings (SSSR count). The quantitative estimate of drug-likeness (QED) is 0.622. The molecule has 0 aliphatic heterocycles. The standard InChI is InChI=1S/C18H18F3N3O2S/c1-11(23-14-4-2-3-5-15(14)27-10-16(22)25)17(26)24-13-8-6-12(7-9-13)18(19,20)21/h2-9,11,23H,10H2,1H3,(H2,22,25)(H,24,26)/t11-/m1/s1. The Bertz CT molecular complexity index is 810. The Morgan fingerprint density at radius 2 is 1.74 bits per heavy atom. The van der Waals surface area contributed by atoms with Crippen LogP contribution >= 0.6 is 11.8 Å². The van der Waals surface area contributed by atoms with Crippen LogP contribution in [-0.2, 0) is 15.8 Å². The molecule has 2 amide bonds. The Kier molecular flexibility index (Phi) is 6.73. The maximum atomic E-state index is 12.6. The van der Waals surface area contributed by atoms with Gasteiger partial charge >= 0.3 is 6.18 Å². The molecule has 2 aromatic carbocycles. The Hall–Kier alpha value is -2.68. The third kappa shape index (κ3) is 6.21. The molecule has 0 unspecified atom stereocenters. The van der Waals surface area contributed by atoms with E-state index in [-0.39, 0.29) is 11.4 Å². The Morgan fingerprint density at radius 3 is 2.33 bits per heavy atom. The first kappa shape index (κ1) is 20.6. The van der Waals surface area contributed by atoms with Crippen molar-refractivity contribution in [2.75, 3.05) is 16.4 Å². The van der Waals surface area contributed by atoms with Crippen molar-refractivity contribution in [1.82, 2.24) is 0 Å². The molecular formula is C18H18F3N3O2S. The number of benzene rings is 2. The lowest BCUT2D eigenvalue weighted by Gasteiger charge is -2.18. The van der Waals surface area contributed by atoms with E-state index in [0.717, 1.165) is 17.0 Å².